The molecular weight excluding hydrogens is 473 g/mol. The van der Waals surface area contributed by atoms with Crippen LogP contribution >= 0.6 is 23.4 Å². The van der Waals surface area contributed by atoms with E-state index in [1.165, 1.54) is 0 Å². The number of hydrogen-bond acceptors (Lipinski definition) is 4. The van der Waals surface area contributed by atoms with Gasteiger partial charge in [-0.2, -0.15) is 24.9 Å². The molecule has 1 amide bonds. The number of hydrogen-bond donors (Lipinski definition) is 1. The van der Waals surface area contributed by atoms with E-state index in [0.29, 0.717) is 16.1 Å². The van der Waals surface area contributed by atoms with Gasteiger partial charge in [0.25, 0.3) is 0 Å². The largest absolute Gasteiger partial charge is 0.416 e. The molecule has 170 valence electrons. The zero-order valence-corrected chi connectivity index (χ0v) is 19.3. The third kappa shape index (κ3) is 7.93. The molecule has 2 aromatic rings. The molecule has 5 nitrogen and oxygen atoms in total. The topological polar surface area (TPSA) is 66.5 Å². The number of rotatable bonds is 9. The fourth-order valence-electron chi connectivity index (χ4n) is 2.58. The van der Waals surface area contributed by atoms with Gasteiger partial charge in [-0.05, 0) is 30.7 Å². The summed E-state index contributed by atoms with van der Waals surface area (Å²) in [5.74, 6) is 0.698. The number of amides is 1. The van der Waals surface area contributed by atoms with E-state index in [-0.39, 0.29) is 11.6 Å². The molecule has 0 fully saturated rings. The number of nitrogens with zero attached hydrogens (tertiary/aromatic N) is 1. The number of benzene rings is 2. The van der Waals surface area contributed by atoms with Crippen LogP contribution in [0.5, 0.6) is 0 Å². The Kier molecular flexibility index (Phi) is 8.67. The average molecular weight is 495 g/mol. The standard InChI is InChI=1S/C20H22ClF3N2O3S2/c1-14-3-5-15(6-4-14)13-30-10-9-25-19(27)12-26(31(2,28)29)18-11-16(20(22,23)24)7-8-17(18)21/h3-8,11H,9-10,12-13H2,1-2H3,(H,25,27). The normalized spacial score (nSPS) is 11.9. The molecule has 31 heavy (non-hydrogen) atoms. The number of sulfonamides is 1. The predicted octanol–water partition coefficient (Wildman–Crippen LogP) is 4.48. The summed E-state index contributed by atoms with van der Waals surface area (Å²) in [6.07, 6.45) is -3.88. The van der Waals surface area contributed by atoms with Crippen LogP contribution in [0.4, 0.5) is 18.9 Å². The molecule has 0 unspecified atom stereocenters. The van der Waals surface area contributed by atoms with Crippen LogP contribution in [0.3, 0.4) is 0 Å². The summed E-state index contributed by atoms with van der Waals surface area (Å²) in [5, 5.41) is 2.38. The lowest BCUT2D eigenvalue weighted by molar-refractivity contribution is -0.137. The van der Waals surface area contributed by atoms with Crippen molar-refractivity contribution in [3.8, 4) is 0 Å². The maximum atomic E-state index is 13.0. The van der Waals surface area contributed by atoms with Gasteiger partial charge in [-0.1, -0.05) is 41.4 Å². The molecule has 11 heteroatoms. The molecular formula is C20H22ClF3N2O3S2. The van der Waals surface area contributed by atoms with Crippen molar-refractivity contribution in [1.82, 2.24) is 5.32 Å². The number of anilines is 1. The lowest BCUT2D eigenvalue weighted by atomic mass is 10.2. The van der Waals surface area contributed by atoms with Crippen LogP contribution in [-0.2, 0) is 26.7 Å². The first-order chi connectivity index (χ1) is 14.4. The van der Waals surface area contributed by atoms with Crippen molar-refractivity contribution in [3.63, 3.8) is 0 Å². The number of nitrogens with one attached hydrogen (secondary N) is 1. The van der Waals surface area contributed by atoms with Crippen molar-refractivity contribution in [1.29, 1.82) is 0 Å². The molecule has 0 radical (unpaired) electrons. The summed E-state index contributed by atoms with van der Waals surface area (Å²) in [6.45, 7) is 1.60. The Balaban J connectivity index is 1.97. The van der Waals surface area contributed by atoms with Gasteiger partial charge in [0.1, 0.15) is 6.54 Å². The lowest BCUT2D eigenvalue weighted by Gasteiger charge is -2.24. The maximum absolute atomic E-state index is 13.0. The Bertz CT molecular complexity index is 1010. The molecule has 0 aliphatic carbocycles. The van der Waals surface area contributed by atoms with Crippen molar-refractivity contribution in [2.45, 2.75) is 18.9 Å². The number of halogens is 4. The number of aryl methyl sites for hydroxylation is 1. The molecule has 0 saturated heterocycles. The van der Waals surface area contributed by atoms with E-state index in [0.717, 1.165) is 35.3 Å². The first-order valence-electron chi connectivity index (χ1n) is 9.12. The van der Waals surface area contributed by atoms with Crippen molar-refractivity contribution >= 4 is 45.0 Å². The van der Waals surface area contributed by atoms with Crippen LogP contribution < -0.4 is 9.62 Å². The molecule has 0 bridgehead atoms. The zero-order valence-electron chi connectivity index (χ0n) is 16.9. The van der Waals surface area contributed by atoms with Gasteiger partial charge in [-0.25, -0.2) is 8.42 Å². The highest BCUT2D eigenvalue weighted by molar-refractivity contribution is 7.98. The van der Waals surface area contributed by atoms with Crippen molar-refractivity contribution in [2.75, 3.05) is 29.4 Å². The molecule has 0 atom stereocenters. The summed E-state index contributed by atoms with van der Waals surface area (Å²) in [5.41, 5.74) is 0.845. The Morgan fingerprint density at radius 3 is 2.39 bits per heavy atom. The third-order valence-corrected chi connectivity index (χ3v) is 6.66. The van der Waals surface area contributed by atoms with Gasteiger partial charge in [0.15, 0.2) is 0 Å². The summed E-state index contributed by atoms with van der Waals surface area (Å²) in [6, 6.07) is 10.4. The highest BCUT2D eigenvalue weighted by Gasteiger charge is 2.33. The highest BCUT2D eigenvalue weighted by atomic mass is 35.5. The quantitative estimate of drug-likeness (QED) is 0.522. The molecule has 2 aromatic carbocycles. The molecule has 0 saturated carbocycles. The van der Waals surface area contributed by atoms with Gasteiger partial charge in [0.2, 0.25) is 15.9 Å². The van der Waals surface area contributed by atoms with Crippen molar-refractivity contribution < 1.29 is 26.4 Å². The molecule has 2 rings (SSSR count). The summed E-state index contributed by atoms with van der Waals surface area (Å²) >= 11 is 7.53. The molecule has 0 aliphatic heterocycles. The second kappa shape index (κ2) is 10.6. The third-order valence-electron chi connectivity index (χ3n) is 4.19. The zero-order chi connectivity index (χ0) is 23.2. The van der Waals surface area contributed by atoms with E-state index < -0.39 is 39.9 Å². The SMILES string of the molecule is Cc1ccc(CSCCNC(=O)CN(c2cc(C(F)(F)F)ccc2Cl)S(C)(=O)=O)cc1. The van der Waals surface area contributed by atoms with Crippen LogP contribution in [-0.4, -0.2) is 39.4 Å². The van der Waals surface area contributed by atoms with Gasteiger partial charge in [-0.15, -0.1) is 0 Å². The number of carbonyl (C=O) groups is 1. The number of alkyl halides is 3. The second-order valence-corrected chi connectivity index (χ2v) is 10.2. The lowest BCUT2D eigenvalue weighted by Crippen LogP contribution is -2.41. The van der Waals surface area contributed by atoms with E-state index in [4.69, 9.17) is 11.6 Å². The van der Waals surface area contributed by atoms with E-state index in [1.807, 2.05) is 31.2 Å². The molecule has 0 aliphatic rings. The fraction of sp³-hybridized carbons (Fsp3) is 0.350. The van der Waals surface area contributed by atoms with E-state index in [9.17, 15) is 26.4 Å². The number of carbonyl (C=O) groups excluding carboxylic acids is 1. The van der Waals surface area contributed by atoms with Crippen LogP contribution in [0.25, 0.3) is 0 Å². The summed E-state index contributed by atoms with van der Waals surface area (Å²) < 4.78 is 63.9. The molecule has 0 spiro atoms. The van der Waals surface area contributed by atoms with Gasteiger partial charge < -0.3 is 5.32 Å². The highest BCUT2D eigenvalue weighted by Crippen LogP contribution is 2.36. The van der Waals surface area contributed by atoms with E-state index >= 15 is 0 Å². The monoisotopic (exact) mass is 494 g/mol. The molecule has 0 aromatic heterocycles. The van der Waals surface area contributed by atoms with Crippen LogP contribution in [0.15, 0.2) is 42.5 Å². The predicted molar refractivity (Wildman–Crippen MR) is 119 cm³/mol. The summed E-state index contributed by atoms with van der Waals surface area (Å²) in [4.78, 5) is 12.2. The van der Waals surface area contributed by atoms with Crippen LogP contribution in [0, 0.1) is 6.92 Å². The Labute approximate surface area is 189 Å². The Morgan fingerprint density at radius 1 is 1.16 bits per heavy atom. The molecule has 0 heterocycles. The Hall–Kier alpha value is -1.91. The van der Waals surface area contributed by atoms with Crippen LogP contribution in [0.2, 0.25) is 5.02 Å². The van der Waals surface area contributed by atoms with Gasteiger partial charge >= 0.3 is 6.18 Å². The minimum Gasteiger partial charge on any atom is -0.354 e. The molecule has 1 N–H and O–H groups in total. The maximum Gasteiger partial charge on any atom is 0.416 e. The van der Waals surface area contributed by atoms with Crippen LogP contribution in [0.1, 0.15) is 16.7 Å². The first-order valence-corrected chi connectivity index (χ1v) is 12.5. The van der Waals surface area contributed by atoms with E-state index in [1.54, 1.807) is 11.8 Å². The Morgan fingerprint density at radius 2 is 1.81 bits per heavy atom. The smallest absolute Gasteiger partial charge is 0.354 e. The van der Waals surface area contributed by atoms with Gasteiger partial charge in [0, 0.05) is 18.1 Å². The minimum absolute atomic E-state index is 0.208. The van der Waals surface area contributed by atoms with Gasteiger partial charge in [0.05, 0.1) is 22.5 Å². The fourth-order valence-corrected chi connectivity index (χ4v) is 4.53. The number of thioether (sulfide) groups is 1. The minimum atomic E-state index is -4.68. The second-order valence-electron chi connectivity index (χ2n) is 6.82. The van der Waals surface area contributed by atoms with Crippen molar-refractivity contribution in [3.05, 3.63) is 64.2 Å². The van der Waals surface area contributed by atoms with Crippen molar-refractivity contribution in [2.24, 2.45) is 0 Å². The summed E-state index contributed by atoms with van der Waals surface area (Å²) in [7, 11) is -4.06. The van der Waals surface area contributed by atoms with Gasteiger partial charge in [-0.3, -0.25) is 9.10 Å². The average Bonchev–Trinajstić information content (AvgIpc) is 2.66. The van der Waals surface area contributed by atoms with E-state index in [2.05, 4.69) is 5.32 Å². The first kappa shape index (κ1) is 25.4.